The highest BCUT2D eigenvalue weighted by atomic mass is 35.5. The minimum Gasteiger partial charge on any atom is -0.208 e. The highest BCUT2D eigenvalue weighted by Crippen LogP contribution is 2.38. The van der Waals surface area contributed by atoms with Gasteiger partial charge in [-0.15, -0.1) is 0 Å². The molecule has 0 spiro atoms. The summed E-state index contributed by atoms with van der Waals surface area (Å²) in [5.74, 6) is 0.960. The van der Waals surface area contributed by atoms with Gasteiger partial charge in [0.1, 0.15) is 5.82 Å². The predicted molar refractivity (Wildman–Crippen MR) is 55.4 cm³/mol. The average Bonchev–Trinajstić information content (AvgIpc) is 2.54. The molecule has 0 amide bonds. The van der Waals surface area contributed by atoms with Gasteiger partial charge in [0.05, 0.1) is 0 Å². The first-order chi connectivity index (χ1) is 6.21. The number of hydrogen-bond acceptors (Lipinski definition) is 3. The third-order valence-electron chi connectivity index (χ3n) is 2.90. The van der Waals surface area contributed by atoms with Crippen LogP contribution in [0.15, 0.2) is 0 Å². The monoisotopic (exact) mass is 216 g/mol. The van der Waals surface area contributed by atoms with Gasteiger partial charge in [-0.25, -0.2) is 4.98 Å². The molecule has 0 unspecified atom stereocenters. The van der Waals surface area contributed by atoms with Crippen LogP contribution < -0.4 is 0 Å². The molecule has 0 bridgehead atoms. The molecule has 0 saturated heterocycles. The van der Waals surface area contributed by atoms with Gasteiger partial charge < -0.3 is 0 Å². The Morgan fingerprint density at radius 2 is 2.00 bits per heavy atom. The Bertz CT molecular complexity index is 292. The zero-order valence-corrected chi connectivity index (χ0v) is 9.29. The molecular formula is C9H13ClN2S. The first kappa shape index (κ1) is 9.41. The Hall–Kier alpha value is -0.150. The van der Waals surface area contributed by atoms with Gasteiger partial charge in [-0.2, -0.15) is 4.37 Å². The molecule has 0 N–H and O–H groups in total. The van der Waals surface area contributed by atoms with Crippen molar-refractivity contribution in [2.45, 2.75) is 44.4 Å². The zero-order chi connectivity index (χ0) is 9.31. The van der Waals surface area contributed by atoms with Gasteiger partial charge in [0.15, 0.2) is 0 Å². The van der Waals surface area contributed by atoms with Crippen LogP contribution in [0.4, 0.5) is 0 Å². The van der Waals surface area contributed by atoms with Crippen LogP contribution in [0.5, 0.6) is 0 Å². The van der Waals surface area contributed by atoms with Gasteiger partial charge in [0, 0.05) is 5.41 Å². The lowest BCUT2D eigenvalue weighted by molar-refractivity contribution is 0.306. The molecular weight excluding hydrogens is 204 g/mol. The van der Waals surface area contributed by atoms with Gasteiger partial charge in [-0.05, 0) is 36.0 Å². The summed E-state index contributed by atoms with van der Waals surface area (Å²) in [4.78, 5) is 4.28. The van der Waals surface area contributed by atoms with Crippen LogP contribution in [0.3, 0.4) is 0 Å². The predicted octanol–water partition coefficient (Wildman–Crippen LogP) is 3.41. The third-order valence-corrected chi connectivity index (χ3v) is 3.70. The summed E-state index contributed by atoms with van der Waals surface area (Å²) < 4.78 is 4.88. The molecule has 0 atom stereocenters. The Morgan fingerprint density at radius 1 is 1.31 bits per heavy atom. The Kier molecular flexibility index (Phi) is 2.56. The molecule has 0 radical (unpaired) electrons. The van der Waals surface area contributed by atoms with Crippen molar-refractivity contribution >= 4 is 23.1 Å². The molecule has 2 rings (SSSR count). The first-order valence-electron chi connectivity index (χ1n) is 4.70. The SMILES string of the molecule is CC1(c2nsc(Cl)n2)CCCCC1. The van der Waals surface area contributed by atoms with E-state index in [2.05, 4.69) is 16.3 Å². The fourth-order valence-electron chi connectivity index (χ4n) is 2.01. The average molecular weight is 217 g/mol. The number of hydrogen-bond donors (Lipinski definition) is 0. The van der Waals surface area contributed by atoms with Crippen LogP contribution in [0.1, 0.15) is 44.9 Å². The second-order valence-corrected chi connectivity index (χ2v) is 5.33. The van der Waals surface area contributed by atoms with Crippen molar-refractivity contribution in [3.63, 3.8) is 0 Å². The van der Waals surface area contributed by atoms with E-state index in [4.69, 9.17) is 11.6 Å². The minimum absolute atomic E-state index is 0.196. The second-order valence-electron chi connectivity index (χ2n) is 3.99. The van der Waals surface area contributed by atoms with Crippen LogP contribution in [0, 0.1) is 0 Å². The van der Waals surface area contributed by atoms with E-state index in [1.165, 1.54) is 43.6 Å². The highest BCUT2D eigenvalue weighted by molar-refractivity contribution is 7.10. The van der Waals surface area contributed by atoms with E-state index in [1.807, 2.05) is 0 Å². The standard InChI is InChI=1S/C9H13ClN2S/c1-9(5-3-2-4-6-9)7-11-8(10)13-12-7/h2-6H2,1H3. The molecule has 1 aromatic heterocycles. The summed E-state index contributed by atoms with van der Waals surface area (Å²) in [6, 6.07) is 0. The topological polar surface area (TPSA) is 25.8 Å². The minimum atomic E-state index is 0.196. The molecule has 72 valence electrons. The lowest BCUT2D eigenvalue weighted by atomic mass is 9.75. The largest absolute Gasteiger partial charge is 0.208 e. The maximum Gasteiger partial charge on any atom is 0.203 e. The van der Waals surface area contributed by atoms with Crippen LogP contribution >= 0.6 is 23.1 Å². The van der Waals surface area contributed by atoms with E-state index in [-0.39, 0.29) is 5.41 Å². The first-order valence-corrected chi connectivity index (χ1v) is 5.85. The molecule has 1 fully saturated rings. The Labute approximate surface area is 87.5 Å². The lowest BCUT2D eigenvalue weighted by Crippen LogP contribution is -2.26. The van der Waals surface area contributed by atoms with E-state index in [1.54, 1.807) is 0 Å². The summed E-state index contributed by atoms with van der Waals surface area (Å²) in [5, 5.41) is 0. The lowest BCUT2D eigenvalue weighted by Gasteiger charge is -2.30. The molecule has 0 aliphatic heterocycles. The van der Waals surface area contributed by atoms with E-state index >= 15 is 0 Å². The summed E-state index contributed by atoms with van der Waals surface area (Å²) in [7, 11) is 0. The normalized spacial score (nSPS) is 21.7. The highest BCUT2D eigenvalue weighted by Gasteiger charge is 2.32. The maximum atomic E-state index is 5.79. The van der Waals surface area contributed by atoms with Gasteiger partial charge in [0.25, 0.3) is 0 Å². The van der Waals surface area contributed by atoms with Crippen LogP contribution in [-0.4, -0.2) is 9.36 Å². The maximum absolute atomic E-state index is 5.79. The molecule has 1 aliphatic carbocycles. The van der Waals surface area contributed by atoms with Crippen molar-refractivity contribution in [2.75, 3.05) is 0 Å². The molecule has 13 heavy (non-hydrogen) atoms. The number of nitrogens with zero attached hydrogens (tertiary/aromatic N) is 2. The van der Waals surface area contributed by atoms with Crippen molar-refractivity contribution in [3.05, 3.63) is 10.3 Å². The Balaban J connectivity index is 2.22. The quantitative estimate of drug-likeness (QED) is 0.719. The van der Waals surface area contributed by atoms with Crippen molar-refractivity contribution in [1.82, 2.24) is 9.36 Å². The van der Waals surface area contributed by atoms with Crippen LogP contribution in [0.25, 0.3) is 0 Å². The summed E-state index contributed by atoms with van der Waals surface area (Å²) in [6.45, 7) is 2.25. The number of aromatic nitrogens is 2. The third kappa shape index (κ3) is 1.86. The number of rotatable bonds is 1. The molecule has 1 heterocycles. The van der Waals surface area contributed by atoms with E-state index < -0.39 is 0 Å². The van der Waals surface area contributed by atoms with E-state index in [9.17, 15) is 0 Å². The molecule has 1 aromatic rings. The van der Waals surface area contributed by atoms with Crippen molar-refractivity contribution < 1.29 is 0 Å². The van der Waals surface area contributed by atoms with Gasteiger partial charge in [-0.1, -0.05) is 26.2 Å². The number of halogens is 1. The summed E-state index contributed by atoms with van der Waals surface area (Å²) in [5.41, 5.74) is 0.196. The molecule has 4 heteroatoms. The molecule has 1 saturated carbocycles. The van der Waals surface area contributed by atoms with E-state index in [0.29, 0.717) is 4.47 Å². The second kappa shape index (κ2) is 3.54. The molecule has 1 aliphatic rings. The summed E-state index contributed by atoms with van der Waals surface area (Å²) in [6.07, 6.45) is 6.37. The van der Waals surface area contributed by atoms with Crippen LogP contribution in [-0.2, 0) is 5.41 Å². The van der Waals surface area contributed by atoms with Crippen molar-refractivity contribution in [1.29, 1.82) is 0 Å². The summed E-state index contributed by atoms with van der Waals surface area (Å²) >= 11 is 7.09. The fourth-order valence-corrected chi connectivity index (χ4v) is 2.74. The van der Waals surface area contributed by atoms with E-state index in [0.717, 1.165) is 5.82 Å². The van der Waals surface area contributed by atoms with Gasteiger partial charge >= 0.3 is 0 Å². The van der Waals surface area contributed by atoms with Crippen LogP contribution in [0.2, 0.25) is 4.47 Å². The van der Waals surface area contributed by atoms with Gasteiger partial charge in [-0.3, -0.25) is 0 Å². The van der Waals surface area contributed by atoms with Crippen molar-refractivity contribution in [2.24, 2.45) is 0 Å². The smallest absolute Gasteiger partial charge is 0.203 e. The molecule has 2 nitrogen and oxygen atoms in total. The van der Waals surface area contributed by atoms with Gasteiger partial charge in [0.2, 0.25) is 4.47 Å². The Morgan fingerprint density at radius 3 is 2.54 bits per heavy atom. The fraction of sp³-hybridized carbons (Fsp3) is 0.778. The van der Waals surface area contributed by atoms with Crippen molar-refractivity contribution in [3.8, 4) is 0 Å². The zero-order valence-electron chi connectivity index (χ0n) is 7.72. The molecule has 0 aromatic carbocycles.